The molecule has 1 aliphatic rings. The van der Waals surface area contributed by atoms with E-state index in [2.05, 4.69) is 36.3 Å². The summed E-state index contributed by atoms with van der Waals surface area (Å²) >= 11 is 5.95. The molecule has 1 fully saturated rings. The first-order valence-electron chi connectivity index (χ1n) is 6.84. The highest BCUT2D eigenvalue weighted by molar-refractivity contribution is 14.0. The van der Waals surface area contributed by atoms with Gasteiger partial charge in [0.25, 0.3) is 0 Å². The van der Waals surface area contributed by atoms with Crippen molar-refractivity contribution in [2.24, 2.45) is 10.7 Å². The first-order chi connectivity index (χ1) is 9.02. The molecule has 3 nitrogen and oxygen atoms in total. The Kier molecular flexibility index (Phi) is 6.58. The lowest BCUT2D eigenvalue weighted by atomic mass is 9.64. The molecular weight excluding hydrogens is 385 g/mol. The van der Waals surface area contributed by atoms with Gasteiger partial charge in [0.15, 0.2) is 5.96 Å². The second-order valence-corrected chi connectivity index (χ2v) is 6.08. The van der Waals surface area contributed by atoms with E-state index in [1.807, 2.05) is 12.1 Å². The summed E-state index contributed by atoms with van der Waals surface area (Å²) in [6.07, 6.45) is 3.61. The molecule has 1 aliphatic carbocycles. The van der Waals surface area contributed by atoms with Crippen molar-refractivity contribution in [2.45, 2.75) is 44.6 Å². The summed E-state index contributed by atoms with van der Waals surface area (Å²) in [5, 5.41) is 3.91. The average Bonchev–Trinajstić information content (AvgIpc) is 2.29. The number of hydrogen-bond acceptors (Lipinski definition) is 1. The quantitative estimate of drug-likeness (QED) is 0.454. The predicted octanol–water partition coefficient (Wildman–Crippen LogP) is 3.69. The second-order valence-electron chi connectivity index (χ2n) is 5.64. The van der Waals surface area contributed by atoms with E-state index in [0.717, 1.165) is 11.6 Å². The Morgan fingerprint density at radius 2 is 1.95 bits per heavy atom. The third kappa shape index (κ3) is 4.25. The first kappa shape index (κ1) is 17.6. The second kappa shape index (κ2) is 7.50. The summed E-state index contributed by atoms with van der Waals surface area (Å²) in [4.78, 5) is 4.51. The van der Waals surface area contributed by atoms with E-state index in [1.165, 1.54) is 24.8 Å². The topological polar surface area (TPSA) is 50.4 Å². The molecule has 0 aliphatic heterocycles. The van der Waals surface area contributed by atoms with E-state index in [-0.39, 0.29) is 29.4 Å². The van der Waals surface area contributed by atoms with E-state index in [0.29, 0.717) is 12.0 Å². The minimum Gasteiger partial charge on any atom is -0.370 e. The fraction of sp³-hybridized carbons (Fsp3) is 0.533. The predicted molar refractivity (Wildman–Crippen MR) is 97.2 cm³/mol. The Hall–Kier alpha value is -0.490. The van der Waals surface area contributed by atoms with Crippen LogP contribution in [0.1, 0.15) is 38.7 Å². The van der Waals surface area contributed by atoms with Gasteiger partial charge in [-0.25, -0.2) is 0 Å². The number of rotatable bonds is 4. The zero-order valence-corrected chi connectivity index (χ0v) is 15.1. The highest BCUT2D eigenvalue weighted by atomic mass is 127. The van der Waals surface area contributed by atoms with Crippen molar-refractivity contribution in [3.63, 3.8) is 0 Å². The van der Waals surface area contributed by atoms with Gasteiger partial charge in [-0.2, -0.15) is 0 Å². The molecule has 0 bridgehead atoms. The van der Waals surface area contributed by atoms with Crippen LogP contribution < -0.4 is 11.1 Å². The van der Waals surface area contributed by atoms with Gasteiger partial charge in [-0.1, -0.05) is 30.2 Å². The van der Waals surface area contributed by atoms with Crippen LogP contribution in [0.3, 0.4) is 0 Å². The highest BCUT2D eigenvalue weighted by Crippen LogP contribution is 2.44. The summed E-state index contributed by atoms with van der Waals surface area (Å²) in [7, 11) is 0. The fourth-order valence-corrected chi connectivity index (χ4v) is 2.65. The van der Waals surface area contributed by atoms with Gasteiger partial charge in [0.1, 0.15) is 0 Å². The Labute approximate surface area is 143 Å². The highest BCUT2D eigenvalue weighted by Gasteiger charge is 2.38. The summed E-state index contributed by atoms with van der Waals surface area (Å²) < 4.78 is 0. The van der Waals surface area contributed by atoms with Gasteiger partial charge in [-0.05, 0) is 44.4 Å². The lowest BCUT2D eigenvalue weighted by Crippen LogP contribution is -2.41. The Morgan fingerprint density at radius 1 is 1.35 bits per heavy atom. The normalized spacial score (nSPS) is 17.3. The molecular formula is C15H23ClIN3. The van der Waals surface area contributed by atoms with Crippen LogP contribution in [0.5, 0.6) is 0 Å². The summed E-state index contributed by atoms with van der Waals surface area (Å²) in [6.45, 7) is 4.86. The van der Waals surface area contributed by atoms with Crippen molar-refractivity contribution in [1.29, 1.82) is 0 Å². The van der Waals surface area contributed by atoms with Gasteiger partial charge in [-0.3, -0.25) is 4.99 Å². The molecule has 1 aromatic rings. The third-order valence-electron chi connectivity index (χ3n) is 3.76. The van der Waals surface area contributed by atoms with E-state index in [4.69, 9.17) is 17.3 Å². The van der Waals surface area contributed by atoms with Gasteiger partial charge < -0.3 is 11.1 Å². The van der Waals surface area contributed by atoms with Crippen molar-refractivity contribution in [3.8, 4) is 0 Å². The molecule has 0 atom stereocenters. The van der Waals surface area contributed by atoms with Crippen LogP contribution in [0, 0.1) is 0 Å². The lowest BCUT2D eigenvalue weighted by Gasteiger charge is -2.41. The maximum Gasteiger partial charge on any atom is 0.188 e. The standard InChI is InChI=1S/C15H22ClN3.HI/c1-11(2)19-14(17)18-10-15(8-3-9-15)12-4-6-13(16)7-5-12;/h4-7,11H,3,8-10H2,1-2H3,(H3,17,18,19);1H. The van der Waals surface area contributed by atoms with Gasteiger partial charge in [0, 0.05) is 16.5 Å². The van der Waals surface area contributed by atoms with Crippen LogP contribution >= 0.6 is 35.6 Å². The zero-order valence-electron chi connectivity index (χ0n) is 12.0. The van der Waals surface area contributed by atoms with Gasteiger partial charge >= 0.3 is 0 Å². The largest absolute Gasteiger partial charge is 0.370 e. The van der Waals surface area contributed by atoms with Gasteiger partial charge in [0.2, 0.25) is 0 Å². The summed E-state index contributed by atoms with van der Waals surface area (Å²) in [5.41, 5.74) is 7.36. The van der Waals surface area contributed by atoms with E-state index in [1.54, 1.807) is 0 Å². The monoisotopic (exact) mass is 407 g/mol. The van der Waals surface area contributed by atoms with Gasteiger partial charge in [0.05, 0.1) is 6.54 Å². The molecule has 0 spiro atoms. The number of aliphatic imine (C=N–C) groups is 1. The molecule has 0 aromatic heterocycles. The summed E-state index contributed by atoms with van der Waals surface area (Å²) in [6, 6.07) is 8.45. The van der Waals surface area contributed by atoms with Crippen LogP contribution in [0.25, 0.3) is 0 Å². The smallest absolute Gasteiger partial charge is 0.188 e. The molecule has 0 unspecified atom stereocenters. The number of nitrogens with one attached hydrogen (secondary N) is 1. The van der Waals surface area contributed by atoms with E-state index >= 15 is 0 Å². The molecule has 0 heterocycles. The van der Waals surface area contributed by atoms with E-state index < -0.39 is 0 Å². The molecule has 0 saturated heterocycles. The van der Waals surface area contributed by atoms with Crippen LogP contribution in [0.4, 0.5) is 0 Å². The van der Waals surface area contributed by atoms with Crippen molar-refractivity contribution >= 4 is 41.5 Å². The zero-order chi connectivity index (χ0) is 13.9. The molecule has 0 amide bonds. The van der Waals surface area contributed by atoms with Crippen molar-refractivity contribution in [2.75, 3.05) is 6.54 Å². The molecule has 20 heavy (non-hydrogen) atoms. The Bertz CT molecular complexity index is 453. The molecule has 112 valence electrons. The molecule has 1 aromatic carbocycles. The van der Waals surface area contributed by atoms with Crippen LogP contribution in [-0.4, -0.2) is 18.5 Å². The number of benzene rings is 1. The molecule has 3 N–H and O–H groups in total. The van der Waals surface area contributed by atoms with E-state index in [9.17, 15) is 0 Å². The number of guanidine groups is 1. The van der Waals surface area contributed by atoms with Crippen molar-refractivity contribution < 1.29 is 0 Å². The van der Waals surface area contributed by atoms with Crippen molar-refractivity contribution in [3.05, 3.63) is 34.9 Å². The van der Waals surface area contributed by atoms with Crippen LogP contribution in [0.15, 0.2) is 29.3 Å². The number of halogens is 2. The number of nitrogens with zero attached hydrogens (tertiary/aromatic N) is 1. The molecule has 0 radical (unpaired) electrons. The SMILES string of the molecule is CC(C)NC(N)=NCC1(c2ccc(Cl)cc2)CCC1.I. The van der Waals surface area contributed by atoms with Crippen LogP contribution in [-0.2, 0) is 5.41 Å². The Balaban J connectivity index is 0.00000200. The maximum absolute atomic E-state index is 5.95. The average molecular weight is 408 g/mol. The van der Waals surface area contributed by atoms with Crippen molar-refractivity contribution in [1.82, 2.24) is 5.32 Å². The van der Waals surface area contributed by atoms with Crippen LogP contribution in [0.2, 0.25) is 5.02 Å². The first-order valence-corrected chi connectivity index (χ1v) is 7.22. The van der Waals surface area contributed by atoms with Gasteiger partial charge in [-0.15, -0.1) is 24.0 Å². The maximum atomic E-state index is 5.95. The summed E-state index contributed by atoms with van der Waals surface area (Å²) in [5.74, 6) is 0.537. The number of nitrogens with two attached hydrogens (primary N) is 1. The minimum atomic E-state index is 0. The minimum absolute atomic E-state index is 0. The molecule has 5 heteroatoms. The molecule has 1 saturated carbocycles. The Morgan fingerprint density at radius 3 is 2.40 bits per heavy atom. The fourth-order valence-electron chi connectivity index (χ4n) is 2.52. The third-order valence-corrected chi connectivity index (χ3v) is 4.01. The molecule has 2 rings (SSSR count). The lowest BCUT2D eigenvalue weighted by molar-refractivity contribution is 0.253. The number of hydrogen-bond donors (Lipinski definition) is 2.